The summed E-state index contributed by atoms with van der Waals surface area (Å²) in [4.78, 5) is 29.9. The van der Waals surface area contributed by atoms with E-state index in [4.69, 9.17) is 0 Å². The SMILES string of the molecule is CCN(C1=C(c2ccc(C)cc2C)C(=O)N(C(C)C)C1=O)c1ccccc1. The van der Waals surface area contributed by atoms with Crippen molar-refractivity contribution in [2.24, 2.45) is 0 Å². The number of nitrogens with zero attached hydrogens (tertiary/aromatic N) is 2. The Hall–Kier alpha value is -2.88. The molecule has 0 unspecified atom stereocenters. The summed E-state index contributed by atoms with van der Waals surface area (Å²) in [7, 11) is 0. The summed E-state index contributed by atoms with van der Waals surface area (Å²) in [6.45, 7) is 10.3. The molecule has 4 nitrogen and oxygen atoms in total. The number of likely N-dealkylation sites (N-methyl/N-ethyl adjacent to an activating group) is 1. The third-order valence-corrected chi connectivity index (χ3v) is 4.91. The Morgan fingerprint density at radius 2 is 1.63 bits per heavy atom. The van der Waals surface area contributed by atoms with Gasteiger partial charge in [-0.25, -0.2) is 0 Å². The van der Waals surface area contributed by atoms with E-state index in [0.29, 0.717) is 17.8 Å². The van der Waals surface area contributed by atoms with Crippen LogP contribution in [0.15, 0.2) is 54.2 Å². The van der Waals surface area contributed by atoms with Gasteiger partial charge in [-0.1, -0.05) is 42.0 Å². The Labute approximate surface area is 161 Å². The van der Waals surface area contributed by atoms with Gasteiger partial charge in [0, 0.05) is 18.3 Å². The largest absolute Gasteiger partial charge is 0.337 e. The van der Waals surface area contributed by atoms with Gasteiger partial charge >= 0.3 is 0 Å². The van der Waals surface area contributed by atoms with Gasteiger partial charge in [-0.05, 0) is 57.9 Å². The fourth-order valence-electron chi connectivity index (χ4n) is 3.67. The summed E-state index contributed by atoms with van der Waals surface area (Å²) >= 11 is 0. The highest BCUT2D eigenvalue weighted by Crippen LogP contribution is 2.36. The van der Waals surface area contributed by atoms with Crippen molar-refractivity contribution >= 4 is 23.1 Å². The zero-order chi connectivity index (χ0) is 19.7. The van der Waals surface area contributed by atoms with Crippen LogP contribution in [0.5, 0.6) is 0 Å². The maximum atomic E-state index is 13.3. The number of hydrogen-bond acceptors (Lipinski definition) is 3. The first-order chi connectivity index (χ1) is 12.9. The highest BCUT2D eigenvalue weighted by molar-refractivity contribution is 6.37. The minimum absolute atomic E-state index is 0.197. The molecule has 2 aromatic rings. The predicted molar refractivity (Wildman–Crippen MR) is 109 cm³/mol. The van der Waals surface area contributed by atoms with Gasteiger partial charge in [-0.2, -0.15) is 0 Å². The average molecular weight is 362 g/mol. The van der Waals surface area contributed by atoms with Gasteiger partial charge in [0.2, 0.25) is 0 Å². The number of anilines is 1. The molecule has 0 atom stereocenters. The molecule has 4 heteroatoms. The molecule has 0 aromatic heterocycles. The minimum Gasteiger partial charge on any atom is -0.337 e. The first-order valence-electron chi connectivity index (χ1n) is 9.39. The van der Waals surface area contributed by atoms with E-state index in [1.54, 1.807) is 0 Å². The number of carbonyl (C=O) groups is 2. The summed E-state index contributed by atoms with van der Waals surface area (Å²) in [6.07, 6.45) is 0. The molecule has 140 valence electrons. The Balaban J connectivity index is 2.26. The van der Waals surface area contributed by atoms with Crippen LogP contribution in [0.3, 0.4) is 0 Å². The topological polar surface area (TPSA) is 40.6 Å². The Kier molecular flexibility index (Phi) is 5.17. The van der Waals surface area contributed by atoms with E-state index in [2.05, 4.69) is 6.07 Å². The monoisotopic (exact) mass is 362 g/mol. The van der Waals surface area contributed by atoms with Crippen molar-refractivity contribution in [3.8, 4) is 0 Å². The maximum Gasteiger partial charge on any atom is 0.278 e. The van der Waals surface area contributed by atoms with Crippen LogP contribution >= 0.6 is 0 Å². The molecule has 1 aliphatic rings. The average Bonchev–Trinajstić information content (AvgIpc) is 2.88. The Bertz CT molecular complexity index is 913. The van der Waals surface area contributed by atoms with E-state index in [9.17, 15) is 9.59 Å². The number of benzene rings is 2. The van der Waals surface area contributed by atoms with Crippen molar-refractivity contribution in [2.45, 2.75) is 40.7 Å². The number of aryl methyl sites for hydroxylation is 2. The first kappa shape index (κ1) is 18.9. The molecular formula is C23H26N2O2. The Morgan fingerprint density at radius 3 is 2.19 bits per heavy atom. The van der Waals surface area contributed by atoms with Crippen molar-refractivity contribution in [1.29, 1.82) is 0 Å². The van der Waals surface area contributed by atoms with Crippen LogP contribution in [-0.2, 0) is 9.59 Å². The summed E-state index contributed by atoms with van der Waals surface area (Å²) in [5.74, 6) is -0.443. The second-order valence-corrected chi connectivity index (χ2v) is 7.20. The second-order valence-electron chi connectivity index (χ2n) is 7.20. The van der Waals surface area contributed by atoms with E-state index in [1.165, 1.54) is 4.90 Å². The van der Waals surface area contributed by atoms with Gasteiger partial charge in [-0.15, -0.1) is 0 Å². The minimum atomic E-state index is -0.226. The van der Waals surface area contributed by atoms with E-state index in [0.717, 1.165) is 22.4 Å². The van der Waals surface area contributed by atoms with Crippen LogP contribution in [0.2, 0.25) is 0 Å². The van der Waals surface area contributed by atoms with Gasteiger partial charge in [0.1, 0.15) is 5.70 Å². The number of para-hydroxylation sites is 1. The molecule has 0 radical (unpaired) electrons. The van der Waals surface area contributed by atoms with Crippen molar-refractivity contribution in [2.75, 3.05) is 11.4 Å². The predicted octanol–water partition coefficient (Wildman–Crippen LogP) is 4.32. The third kappa shape index (κ3) is 3.27. The van der Waals surface area contributed by atoms with Crippen LogP contribution in [0.25, 0.3) is 5.57 Å². The lowest BCUT2D eigenvalue weighted by Gasteiger charge is -2.25. The molecule has 0 bridgehead atoms. The molecule has 0 saturated heterocycles. The van der Waals surface area contributed by atoms with Crippen molar-refractivity contribution < 1.29 is 9.59 Å². The highest BCUT2D eigenvalue weighted by atomic mass is 16.2. The van der Waals surface area contributed by atoms with Crippen LogP contribution < -0.4 is 4.90 Å². The molecule has 2 amide bonds. The summed E-state index contributed by atoms with van der Waals surface area (Å²) in [5, 5.41) is 0. The van der Waals surface area contributed by atoms with Gasteiger partial charge in [-0.3, -0.25) is 14.5 Å². The fraction of sp³-hybridized carbons (Fsp3) is 0.304. The smallest absolute Gasteiger partial charge is 0.278 e. The number of amides is 2. The molecule has 0 aliphatic carbocycles. The standard InChI is InChI=1S/C23H26N2O2/c1-6-24(18-10-8-7-9-11-18)21-20(19-13-12-16(4)14-17(19)5)22(26)25(15(2)3)23(21)27/h7-15H,6H2,1-5H3. The van der Waals surface area contributed by atoms with Crippen LogP contribution in [-0.4, -0.2) is 29.3 Å². The fourth-order valence-corrected chi connectivity index (χ4v) is 3.67. The van der Waals surface area contributed by atoms with Gasteiger partial charge in [0.25, 0.3) is 11.8 Å². The van der Waals surface area contributed by atoms with E-state index >= 15 is 0 Å². The number of carbonyl (C=O) groups excluding carboxylic acids is 2. The van der Waals surface area contributed by atoms with Crippen LogP contribution in [0, 0.1) is 13.8 Å². The molecule has 3 rings (SSSR count). The molecule has 0 N–H and O–H groups in total. The first-order valence-corrected chi connectivity index (χ1v) is 9.39. The lowest BCUT2D eigenvalue weighted by Crippen LogP contribution is -2.39. The number of imide groups is 1. The van der Waals surface area contributed by atoms with E-state index in [-0.39, 0.29) is 17.9 Å². The summed E-state index contributed by atoms with van der Waals surface area (Å²) < 4.78 is 0. The van der Waals surface area contributed by atoms with Crippen LogP contribution in [0.4, 0.5) is 5.69 Å². The van der Waals surface area contributed by atoms with Gasteiger partial charge in [0.15, 0.2) is 0 Å². The lowest BCUT2D eigenvalue weighted by atomic mass is 9.97. The lowest BCUT2D eigenvalue weighted by molar-refractivity contribution is -0.138. The molecule has 2 aromatic carbocycles. The molecule has 0 spiro atoms. The van der Waals surface area contributed by atoms with Crippen molar-refractivity contribution in [3.05, 3.63) is 70.9 Å². The maximum absolute atomic E-state index is 13.3. The van der Waals surface area contributed by atoms with E-state index in [1.807, 2.05) is 82.0 Å². The molecule has 0 fully saturated rings. The molecule has 1 heterocycles. The zero-order valence-corrected chi connectivity index (χ0v) is 16.6. The number of rotatable bonds is 5. The van der Waals surface area contributed by atoms with Gasteiger partial charge in [0.05, 0.1) is 5.57 Å². The molecule has 0 saturated carbocycles. The molecule has 1 aliphatic heterocycles. The summed E-state index contributed by atoms with van der Waals surface area (Å²) in [5.41, 5.74) is 4.83. The quantitative estimate of drug-likeness (QED) is 0.744. The van der Waals surface area contributed by atoms with Crippen molar-refractivity contribution in [1.82, 2.24) is 4.90 Å². The number of hydrogen-bond donors (Lipinski definition) is 0. The second kappa shape index (κ2) is 7.39. The third-order valence-electron chi connectivity index (χ3n) is 4.91. The Morgan fingerprint density at radius 1 is 0.963 bits per heavy atom. The van der Waals surface area contributed by atoms with E-state index < -0.39 is 0 Å². The molecule has 27 heavy (non-hydrogen) atoms. The van der Waals surface area contributed by atoms with Gasteiger partial charge < -0.3 is 4.90 Å². The van der Waals surface area contributed by atoms with Crippen LogP contribution in [0.1, 0.15) is 37.5 Å². The molecular weight excluding hydrogens is 336 g/mol. The highest BCUT2D eigenvalue weighted by Gasteiger charge is 2.43. The van der Waals surface area contributed by atoms with Crippen molar-refractivity contribution in [3.63, 3.8) is 0 Å². The normalized spacial score (nSPS) is 14.5. The zero-order valence-electron chi connectivity index (χ0n) is 16.6. The summed E-state index contributed by atoms with van der Waals surface area (Å²) in [6, 6.07) is 15.5.